The van der Waals surface area contributed by atoms with Crippen LogP contribution in [0, 0.1) is 0 Å². The Labute approximate surface area is 183 Å². The Morgan fingerprint density at radius 2 is 2.03 bits per heavy atom. The van der Waals surface area contributed by atoms with E-state index in [-0.39, 0.29) is 5.91 Å². The number of fused-ring (bicyclic) bond motifs is 1. The Bertz CT molecular complexity index is 990. The molecule has 2 N–H and O–H groups in total. The number of benzene rings is 1. The molecule has 3 aromatic rings. The minimum Gasteiger partial charge on any atom is -0.369 e. The van der Waals surface area contributed by atoms with Gasteiger partial charge in [0.05, 0.1) is 23.7 Å². The van der Waals surface area contributed by atoms with E-state index < -0.39 is 0 Å². The predicted molar refractivity (Wildman–Crippen MR) is 122 cm³/mol. The first-order valence-corrected chi connectivity index (χ1v) is 11.3. The zero-order chi connectivity index (χ0) is 20.8. The van der Waals surface area contributed by atoms with Crippen LogP contribution in [-0.2, 0) is 6.54 Å². The molecule has 29 heavy (non-hydrogen) atoms. The smallest absolute Gasteiger partial charge is 0.252 e. The van der Waals surface area contributed by atoms with Gasteiger partial charge in [0.25, 0.3) is 5.91 Å². The third kappa shape index (κ3) is 5.48. The summed E-state index contributed by atoms with van der Waals surface area (Å²) in [5, 5.41) is 12.8. The third-order valence-corrected chi connectivity index (χ3v) is 5.64. The van der Waals surface area contributed by atoms with Crippen LogP contribution in [0.3, 0.4) is 0 Å². The monoisotopic (exact) mass is 476 g/mol. The first kappa shape index (κ1) is 21.6. The van der Waals surface area contributed by atoms with Crippen LogP contribution in [-0.4, -0.2) is 44.0 Å². The topological polar surface area (TPSA) is 84.7 Å². The summed E-state index contributed by atoms with van der Waals surface area (Å²) in [6.07, 6.45) is 2.79. The van der Waals surface area contributed by atoms with Gasteiger partial charge in [-0.05, 0) is 34.5 Å². The molecule has 0 aliphatic rings. The molecular weight excluding hydrogens is 452 g/mol. The first-order valence-electron chi connectivity index (χ1n) is 9.66. The van der Waals surface area contributed by atoms with Crippen molar-refractivity contribution in [1.82, 2.24) is 25.1 Å². The fourth-order valence-corrected chi connectivity index (χ4v) is 3.93. The van der Waals surface area contributed by atoms with Crippen LogP contribution in [0.1, 0.15) is 37.6 Å². The highest BCUT2D eigenvalue weighted by Crippen LogP contribution is 2.26. The first-order chi connectivity index (χ1) is 14.0. The average Bonchev–Trinajstić information content (AvgIpc) is 3.09. The fraction of sp³-hybridized carbons (Fsp3) is 0.400. The highest BCUT2D eigenvalue weighted by atomic mass is 79.9. The molecule has 2 heterocycles. The standard InChI is InChI=1S/C20H25BrN6OS/c1-4-9-22-17-15-12-24-27(18(15)26-20(25-17)29-13(2)3)11-10-23-19(28)14-7-5-6-8-16(14)21/h5-8,12-13H,4,9-11H2,1-3H3,(H,23,28)(H,22,25,26). The third-order valence-electron chi connectivity index (χ3n) is 4.09. The Hall–Kier alpha value is -2.13. The molecule has 0 fully saturated rings. The molecule has 0 saturated carbocycles. The van der Waals surface area contributed by atoms with Crippen molar-refractivity contribution < 1.29 is 4.79 Å². The molecule has 3 rings (SSSR count). The zero-order valence-corrected chi connectivity index (χ0v) is 19.2. The number of thioether (sulfide) groups is 1. The van der Waals surface area contributed by atoms with Crippen LogP contribution in [0.25, 0.3) is 11.0 Å². The summed E-state index contributed by atoms with van der Waals surface area (Å²) in [5.74, 6) is 0.688. The van der Waals surface area contributed by atoms with Crippen molar-refractivity contribution in [3.05, 3.63) is 40.5 Å². The summed E-state index contributed by atoms with van der Waals surface area (Å²) in [6, 6.07) is 7.37. The summed E-state index contributed by atoms with van der Waals surface area (Å²) < 4.78 is 2.59. The van der Waals surface area contributed by atoms with Gasteiger partial charge in [-0.15, -0.1) is 0 Å². The van der Waals surface area contributed by atoms with E-state index in [0.29, 0.717) is 23.9 Å². The Morgan fingerprint density at radius 1 is 1.24 bits per heavy atom. The van der Waals surface area contributed by atoms with E-state index in [9.17, 15) is 4.79 Å². The molecule has 0 atom stereocenters. The van der Waals surface area contributed by atoms with E-state index in [1.807, 2.05) is 22.9 Å². The van der Waals surface area contributed by atoms with Crippen LogP contribution in [0.5, 0.6) is 0 Å². The van der Waals surface area contributed by atoms with Crippen molar-refractivity contribution in [2.45, 2.75) is 44.1 Å². The maximum atomic E-state index is 12.4. The number of rotatable bonds is 9. The number of anilines is 1. The zero-order valence-electron chi connectivity index (χ0n) is 16.8. The minimum atomic E-state index is -0.120. The number of carbonyl (C=O) groups excluding carboxylic acids is 1. The summed E-state index contributed by atoms with van der Waals surface area (Å²) >= 11 is 5.03. The van der Waals surface area contributed by atoms with Crippen molar-refractivity contribution in [3.63, 3.8) is 0 Å². The van der Waals surface area contributed by atoms with E-state index in [1.54, 1.807) is 24.0 Å². The molecule has 0 aliphatic heterocycles. The van der Waals surface area contributed by atoms with E-state index >= 15 is 0 Å². The number of carbonyl (C=O) groups is 1. The van der Waals surface area contributed by atoms with Gasteiger partial charge < -0.3 is 10.6 Å². The molecule has 9 heteroatoms. The predicted octanol–water partition coefficient (Wildman–Crippen LogP) is 4.34. The number of amides is 1. The minimum absolute atomic E-state index is 0.120. The molecule has 0 unspecified atom stereocenters. The number of aromatic nitrogens is 4. The molecular formula is C20H25BrN6OS. The maximum Gasteiger partial charge on any atom is 0.252 e. The van der Waals surface area contributed by atoms with Gasteiger partial charge in [0.15, 0.2) is 10.8 Å². The Morgan fingerprint density at radius 3 is 2.76 bits per heavy atom. The van der Waals surface area contributed by atoms with Gasteiger partial charge in [-0.1, -0.05) is 44.7 Å². The number of hydrogen-bond acceptors (Lipinski definition) is 6. The number of hydrogen-bond donors (Lipinski definition) is 2. The number of nitrogens with zero attached hydrogens (tertiary/aromatic N) is 4. The largest absolute Gasteiger partial charge is 0.369 e. The highest BCUT2D eigenvalue weighted by molar-refractivity contribution is 9.10. The van der Waals surface area contributed by atoms with Gasteiger partial charge in [-0.25, -0.2) is 14.6 Å². The Kier molecular flexibility index (Phi) is 7.49. The van der Waals surface area contributed by atoms with E-state index in [2.05, 4.69) is 57.4 Å². The maximum absolute atomic E-state index is 12.4. The lowest BCUT2D eigenvalue weighted by Gasteiger charge is -2.10. The molecule has 0 radical (unpaired) electrons. The van der Waals surface area contributed by atoms with Crippen LogP contribution in [0.2, 0.25) is 0 Å². The van der Waals surface area contributed by atoms with Crippen molar-refractivity contribution in [2.75, 3.05) is 18.4 Å². The summed E-state index contributed by atoms with van der Waals surface area (Å²) in [4.78, 5) is 21.8. The van der Waals surface area contributed by atoms with Gasteiger partial charge in [0.2, 0.25) is 0 Å². The summed E-state index contributed by atoms with van der Waals surface area (Å²) in [6.45, 7) is 8.16. The second kappa shape index (κ2) is 10.1. The van der Waals surface area contributed by atoms with Crippen LogP contribution < -0.4 is 10.6 Å². The van der Waals surface area contributed by atoms with Crippen molar-refractivity contribution in [3.8, 4) is 0 Å². The molecule has 7 nitrogen and oxygen atoms in total. The fourth-order valence-electron chi connectivity index (χ4n) is 2.76. The highest BCUT2D eigenvalue weighted by Gasteiger charge is 2.15. The van der Waals surface area contributed by atoms with E-state index in [4.69, 9.17) is 4.98 Å². The molecule has 0 aliphatic carbocycles. The van der Waals surface area contributed by atoms with Crippen LogP contribution in [0.4, 0.5) is 5.82 Å². The quantitative estimate of drug-likeness (QED) is 0.352. The SMILES string of the molecule is CCCNc1nc(SC(C)C)nc2c1cnn2CCNC(=O)c1ccccc1Br. The van der Waals surface area contributed by atoms with Crippen molar-refractivity contribution >= 4 is 50.5 Å². The van der Waals surface area contributed by atoms with Crippen molar-refractivity contribution in [2.24, 2.45) is 0 Å². The lowest BCUT2D eigenvalue weighted by molar-refractivity contribution is 0.0951. The lowest BCUT2D eigenvalue weighted by atomic mass is 10.2. The van der Waals surface area contributed by atoms with E-state index in [0.717, 1.165) is 39.4 Å². The molecule has 1 aromatic carbocycles. The molecule has 0 saturated heterocycles. The van der Waals surface area contributed by atoms with Gasteiger partial charge in [-0.2, -0.15) is 5.10 Å². The number of nitrogens with one attached hydrogen (secondary N) is 2. The molecule has 0 bridgehead atoms. The van der Waals surface area contributed by atoms with Gasteiger partial charge in [0.1, 0.15) is 5.82 Å². The normalized spacial score (nSPS) is 11.2. The van der Waals surface area contributed by atoms with Crippen LogP contribution in [0.15, 0.2) is 40.1 Å². The van der Waals surface area contributed by atoms with Crippen molar-refractivity contribution in [1.29, 1.82) is 0 Å². The van der Waals surface area contributed by atoms with E-state index in [1.165, 1.54) is 0 Å². The second-order valence-electron chi connectivity index (χ2n) is 6.79. The lowest BCUT2D eigenvalue weighted by Crippen LogP contribution is -2.27. The molecule has 0 spiro atoms. The number of halogens is 1. The molecule has 154 valence electrons. The van der Waals surface area contributed by atoms with Crippen LogP contribution >= 0.6 is 27.7 Å². The summed E-state index contributed by atoms with van der Waals surface area (Å²) in [7, 11) is 0. The Balaban J connectivity index is 1.76. The molecule has 2 aromatic heterocycles. The van der Waals surface area contributed by atoms with Gasteiger partial charge in [-0.3, -0.25) is 4.79 Å². The van der Waals surface area contributed by atoms with Gasteiger partial charge in [0, 0.05) is 22.8 Å². The van der Waals surface area contributed by atoms with Gasteiger partial charge >= 0.3 is 0 Å². The second-order valence-corrected chi connectivity index (χ2v) is 9.19. The average molecular weight is 477 g/mol. The summed E-state index contributed by atoms with van der Waals surface area (Å²) in [5.41, 5.74) is 1.39. The molecule has 1 amide bonds.